The van der Waals surface area contributed by atoms with E-state index in [1.807, 2.05) is 6.07 Å². The number of methoxy groups -OCH3 is 1. The van der Waals surface area contributed by atoms with Gasteiger partial charge in [-0.2, -0.15) is 0 Å². The summed E-state index contributed by atoms with van der Waals surface area (Å²) >= 11 is 0. The van der Waals surface area contributed by atoms with Crippen molar-refractivity contribution in [3.63, 3.8) is 0 Å². The van der Waals surface area contributed by atoms with Crippen molar-refractivity contribution in [2.75, 3.05) is 7.11 Å². The summed E-state index contributed by atoms with van der Waals surface area (Å²) in [7, 11) is 1.65. The van der Waals surface area contributed by atoms with E-state index in [-0.39, 0.29) is 5.78 Å². The Bertz CT molecular complexity index is 394. The van der Waals surface area contributed by atoms with Crippen LogP contribution < -0.4 is 4.74 Å². The lowest BCUT2D eigenvalue weighted by molar-refractivity contribution is 0.101. The lowest BCUT2D eigenvalue weighted by Crippen LogP contribution is -2.05. The Morgan fingerprint density at radius 1 is 1.18 bits per heavy atom. The van der Waals surface area contributed by atoms with Gasteiger partial charge < -0.3 is 4.74 Å². The molecule has 0 saturated carbocycles. The minimum absolute atomic E-state index is 0.0715. The Balaban J connectivity index is 3.32. The van der Waals surface area contributed by atoms with E-state index < -0.39 is 0 Å². The molecule has 0 amide bonds. The molecule has 0 atom stereocenters. The average Bonchev–Trinajstić information content (AvgIpc) is 2.31. The Hall–Kier alpha value is -1.31. The topological polar surface area (TPSA) is 26.3 Å². The van der Waals surface area contributed by atoms with E-state index in [2.05, 4.69) is 19.9 Å². The van der Waals surface area contributed by atoms with Crippen LogP contribution in [0.1, 0.15) is 55.1 Å². The number of benzene rings is 1. The average molecular weight is 234 g/mol. The molecule has 2 nitrogen and oxygen atoms in total. The summed E-state index contributed by atoms with van der Waals surface area (Å²) < 4.78 is 5.46. The van der Waals surface area contributed by atoms with E-state index in [0.29, 0.717) is 5.56 Å². The fraction of sp³-hybridized carbons (Fsp3) is 0.533. The second kappa shape index (κ2) is 6.43. The molecule has 0 spiro atoms. The Kier molecular flexibility index (Phi) is 5.20. The van der Waals surface area contributed by atoms with Crippen molar-refractivity contribution in [2.45, 2.75) is 46.5 Å². The molecule has 0 unspecified atom stereocenters. The van der Waals surface area contributed by atoms with E-state index in [4.69, 9.17) is 4.74 Å². The standard InChI is InChI=1S/C15H22O2/c1-5-7-12-9-10-13(11(3)16)15(17-4)14(12)8-6-2/h9-10H,5-8H2,1-4H3. The first-order valence-corrected chi connectivity index (χ1v) is 6.35. The van der Waals surface area contributed by atoms with Crippen molar-refractivity contribution in [3.8, 4) is 5.75 Å². The molecule has 0 bridgehead atoms. The first-order valence-electron chi connectivity index (χ1n) is 6.35. The second-order valence-electron chi connectivity index (χ2n) is 4.34. The van der Waals surface area contributed by atoms with Crippen LogP contribution in [0.15, 0.2) is 12.1 Å². The number of carbonyl (C=O) groups excluding carboxylic acids is 1. The van der Waals surface area contributed by atoms with Crippen LogP contribution in [-0.4, -0.2) is 12.9 Å². The maximum Gasteiger partial charge on any atom is 0.163 e. The van der Waals surface area contributed by atoms with Crippen molar-refractivity contribution < 1.29 is 9.53 Å². The number of ether oxygens (including phenoxy) is 1. The number of carbonyl (C=O) groups is 1. The molecule has 0 aliphatic carbocycles. The van der Waals surface area contributed by atoms with Gasteiger partial charge in [0.15, 0.2) is 5.78 Å². The minimum atomic E-state index is 0.0715. The number of rotatable bonds is 6. The number of ketones is 1. The SMILES string of the molecule is CCCc1ccc(C(C)=O)c(OC)c1CCC. The first-order chi connectivity index (χ1) is 8.15. The predicted octanol–water partition coefficient (Wildman–Crippen LogP) is 3.80. The van der Waals surface area contributed by atoms with Crippen LogP contribution in [0, 0.1) is 0 Å². The fourth-order valence-electron chi connectivity index (χ4n) is 2.21. The van der Waals surface area contributed by atoms with Gasteiger partial charge in [0.2, 0.25) is 0 Å². The first kappa shape index (κ1) is 13.8. The molecule has 17 heavy (non-hydrogen) atoms. The lowest BCUT2D eigenvalue weighted by atomic mass is 9.94. The molecule has 1 rings (SSSR count). The van der Waals surface area contributed by atoms with E-state index in [1.165, 1.54) is 11.1 Å². The summed E-state index contributed by atoms with van der Waals surface area (Å²) in [5, 5.41) is 0. The quantitative estimate of drug-likeness (QED) is 0.700. The zero-order valence-corrected chi connectivity index (χ0v) is 11.3. The van der Waals surface area contributed by atoms with E-state index in [0.717, 1.165) is 31.4 Å². The van der Waals surface area contributed by atoms with Crippen molar-refractivity contribution in [1.29, 1.82) is 0 Å². The third-order valence-electron chi connectivity index (χ3n) is 2.96. The highest BCUT2D eigenvalue weighted by Gasteiger charge is 2.15. The summed E-state index contributed by atoms with van der Waals surface area (Å²) in [6.07, 6.45) is 4.19. The van der Waals surface area contributed by atoms with Gasteiger partial charge in [0.1, 0.15) is 5.75 Å². The maximum absolute atomic E-state index is 11.6. The lowest BCUT2D eigenvalue weighted by Gasteiger charge is -2.16. The van der Waals surface area contributed by atoms with Gasteiger partial charge in [-0.1, -0.05) is 32.8 Å². The molecule has 0 heterocycles. The van der Waals surface area contributed by atoms with Gasteiger partial charge in [-0.15, -0.1) is 0 Å². The zero-order chi connectivity index (χ0) is 12.8. The van der Waals surface area contributed by atoms with Crippen LogP contribution in [0.25, 0.3) is 0 Å². The highest BCUT2D eigenvalue weighted by atomic mass is 16.5. The van der Waals surface area contributed by atoms with E-state index in [9.17, 15) is 4.79 Å². The van der Waals surface area contributed by atoms with Crippen molar-refractivity contribution in [1.82, 2.24) is 0 Å². The molecule has 0 fully saturated rings. The normalized spacial score (nSPS) is 10.4. The van der Waals surface area contributed by atoms with Crippen molar-refractivity contribution in [2.24, 2.45) is 0 Å². The maximum atomic E-state index is 11.6. The van der Waals surface area contributed by atoms with Crippen LogP contribution in [0.5, 0.6) is 5.75 Å². The molecule has 94 valence electrons. The summed E-state index contributed by atoms with van der Waals surface area (Å²) in [6.45, 7) is 5.91. The molecule has 0 saturated heterocycles. The fourth-order valence-corrected chi connectivity index (χ4v) is 2.21. The van der Waals surface area contributed by atoms with Crippen LogP contribution in [0.4, 0.5) is 0 Å². The molecular formula is C15H22O2. The molecule has 0 N–H and O–H groups in total. The number of Topliss-reactive ketones (excluding diaryl/α,β-unsaturated/α-hetero) is 1. The van der Waals surface area contributed by atoms with Gasteiger partial charge >= 0.3 is 0 Å². The summed E-state index contributed by atoms with van der Waals surface area (Å²) in [5.41, 5.74) is 3.23. The van der Waals surface area contributed by atoms with Gasteiger partial charge in [-0.05, 0) is 37.0 Å². The molecule has 1 aromatic rings. The molecule has 0 radical (unpaired) electrons. The molecule has 0 aliphatic heterocycles. The molecule has 2 heteroatoms. The Labute approximate surface area is 104 Å². The third-order valence-corrected chi connectivity index (χ3v) is 2.96. The summed E-state index contributed by atoms with van der Waals surface area (Å²) in [6, 6.07) is 3.97. The van der Waals surface area contributed by atoms with E-state index >= 15 is 0 Å². The van der Waals surface area contributed by atoms with Crippen LogP contribution in [0.3, 0.4) is 0 Å². The Morgan fingerprint density at radius 3 is 2.29 bits per heavy atom. The summed E-state index contributed by atoms with van der Waals surface area (Å²) in [4.78, 5) is 11.6. The number of aryl methyl sites for hydroxylation is 1. The van der Waals surface area contributed by atoms with Gasteiger partial charge in [-0.25, -0.2) is 0 Å². The second-order valence-corrected chi connectivity index (χ2v) is 4.34. The zero-order valence-electron chi connectivity index (χ0n) is 11.3. The highest BCUT2D eigenvalue weighted by Crippen LogP contribution is 2.29. The third kappa shape index (κ3) is 3.09. The summed E-state index contributed by atoms with van der Waals surface area (Å²) in [5.74, 6) is 0.854. The van der Waals surface area contributed by atoms with Gasteiger partial charge in [0.25, 0.3) is 0 Å². The number of hydrogen-bond donors (Lipinski definition) is 0. The minimum Gasteiger partial charge on any atom is -0.496 e. The van der Waals surface area contributed by atoms with Gasteiger partial charge in [0.05, 0.1) is 12.7 Å². The highest BCUT2D eigenvalue weighted by molar-refractivity contribution is 5.97. The van der Waals surface area contributed by atoms with Crippen LogP contribution in [0.2, 0.25) is 0 Å². The van der Waals surface area contributed by atoms with Crippen LogP contribution in [-0.2, 0) is 12.8 Å². The van der Waals surface area contributed by atoms with E-state index in [1.54, 1.807) is 14.0 Å². The predicted molar refractivity (Wildman–Crippen MR) is 71.0 cm³/mol. The monoisotopic (exact) mass is 234 g/mol. The molecule has 1 aromatic carbocycles. The largest absolute Gasteiger partial charge is 0.496 e. The van der Waals surface area contributed by atoms with Gasteiger partial charge in [0, 0.05) is 0 Å². The molecular weight excluding hydrogens is 212 g/mol. The Morgan fingerprint density at radius 2 is 1.82 bits per heavy atom. The van der Waals surface area contributed by atoms with Crippen molar-refractivity contribution in [3.05, 3.63) is 28.8 Å². The number of hydrogen-bond acceptors (Lipinski definition) is 2. The molecule has 0 aromatic heterocycles. The van der Waals surface area contributed by atoms with Gasteiger partial charge in [-0.3, -0.25) is 4.79 Å². The van der Waals surface area contributed by atoms with Crippen molar-refractivity contribution >= 4 is 5.78 Å². The van der Waals surface area contributed by atoms with Crippen LogP contribution >= 0.6 is 0 Å². The smallest absolute Gasteiger partial charge is 0.163 e. The molecule has 0 aliphatic rings.